The molecule has 0 bridgehead atoms. The Hall–Kier alpha value is -3.05. The summed E-state index contributed by atoms with van der Waals surface area (Å²) in [5, 5.41) is 16.0. The van der Waals surface area contributed by atoms with Crippen molar-refractivity contribution in [3.05, 3.63) is 83.8 Å². The van der Waals surface area contributed by atoms with Crippen molar-refractivity contribution in [2.24, 2.45) is 11.8 Å². The van der Waals surface area contributed by atoms with Crippen LogP contribution >= 0.6 is 0 Å². The fourth-order valence-electron chi connectivity index (χ4n) is 7.06. The third kappa shape index (κ3) is 6.29. The number of hydrogen-bond acceptors (Lipinski definition) is 4. The average molecular weight is 811 g/mol. The minimum Gasteiger partial charge on any atom is -0.512 e. The quantitative estimate of drug-likeness (QED) is 0.0734. The van der Waals surface area contributed by atoms with Crippen LogP contribution in [0.3, 0.4) is 0 Å². The van der Waals surface area contributed by atoms with E-state index in [9.17, 15) is 9.90 Å². The maximum absolute atomic E-state index is 11.7. The van der Waals surface area contributed by atoms with Gasteiger partial charge in [-0.1, -0.05) is 109 Å². The summed E-state index contributed by atoms with van der Waals surface area (Å²) in [5.74, 6) is 0.547. The topological polar surface area (TPSA) is 63.3 Å². The van der Waals surface area contributed by atoms with Crippen molar-refractivity contribution in [3.8, 4) is 11.3 Å². The van der Waals surface area contributed by atoms with E-state index < -0.39 is 8.07 Å². The number of aliphatic hydroxyl groups excluding tert-OH is 1. The number of nitrogens with zero attached hydrogens (tertiary/aromatic N) is 1. The van der Waals surface area contributed by atoms with Crippen LogP contribution in [0.15, 0.2) is 71.0 Å². The normalized spacial score (nSPS) is 13.9. The molecule has 5 aromatic rings. The minimum atomic E-state index is -1.58. The number of furan rings is 1. The van der Waals surface area contributed by atoms with E-state index in [-0.39, 0.29) is 48.9 Å². The molecule has 0 spiro atoms. The molecule has 1 N–H and O–H groups in total. The average Bonchev–Trinajstić information content (AvgIpc) is 3.37. The van der Waals surface area contributed by atoms with Gasteiger partial charge in [-0.15, -0.1) is 17.7 Å². The molecule has 0 fully saturated rings. The molecule has 6 rings (SSSR count). The second kappa shape index (κ2) is 14.0. The van der Waals surface area contributed by atoms with Gasteiger partial charge in [0.2, 0.25) is 0 Å². The number of fused-ring (bicyclic) bond motifs is 4. The maximum atomic E-state index is 11.7. The molecule has 1 radical (unpaired) electrons. The van der Waals surface area contributed by atoms with Gasteiger partial charge in [0.15, 0.2) is 5.78 Å². The number of rotatable bonds is 8. The summed E-state index contributed by atoms with van der Waals surface area (Å²) in [6.07, 6.45) is 6.90. The molecular formula is C40H48IrNO3Si-. The summed E-state index contributed by atoms with van der Waals surface area (Å²) < 4.78 is 6.55. The standard InChI is InChI=1S/C27H24NOSi.C13H24O2.Ir/c1-27(2)19-13-14-21(30(3,4)5)26-23(19)22-18(11-8-12-20(22)29-26)25-24(27)17-10-7-6-9-16(17)15-28-25;1-5-10(6-2)12(14)9-13(15)11(7-3)8-4;/h6-10,12-15H,1-5H3;9-11,14H,5-8H2,1-4H3;/q-1;;/b;12-9-;. The minimum absolute atomic E-state index is 0. The molecule has 0 unspecified atom stereocenters. The Morgan fingerprint density at radius 3 is 2.24 bits per heavy atom. The number of aliphatic hydroxyl groups is 1. The molecule has 245 valence electrons. The molecule has 0 atom stereocenters. The second-order valence-electron chi connectivity index (χ2n) is 14.0. The number of aromatic nitrogens is 1. The predicted molar refractivity (Wildman–Crippen MR) is 192 cm³/mol. The summed E-state index contributed by atoms with van der Waals surface area (Å²) in [4.78, 5) is 16.7. The smallest absolute Gasteiger partial charge is 0.162 e. The van der Waals surface area contributed by atoms with Gasteiger partial charge in [0, 0.05) is 49.6 Å². The number of allylic oxidation sites excluding steroid dienone is 2. The van der Waals surface area contributed by atoms with E-state index in [1.165, 1.54) is 38.5 Å². The van der Waals surface area contributed by atoms with Crippen molar-refractivity contribution in [2.75, 3.05) is 0 Å². The van der Waals surface area contributed by atoms with Crippen LogP contribution in [0.2, 0.25) is 19.6 Å². The van der Waals surface area contributed by atoms with Crippen LogP contribution in [0.4, 0.5) is 0 Å². The Labute approximate surface area is 289 Å². The fraction of sp³-hybridized carbons (Fsp3) is 0.400. The van der Waals surface area contributed by atoms with Gasteiger partial charge in [0.1, 0.15) is 5.58 Å². The van der Waals surface area contributed by atoms with E-state index in [0.29, 0.717) is 0 Å². The molecule has 3 aromatic carbocycles. The fourth-order valence-corrected chi connectivity index (χ4v) is 8.50. The second-order valence-corrected chi connectivity index (χ2v) is 19.0. The van der Waals surface area contributed by atoms with E-state index >= 15 is 0 Å². The van der Waals surface area contributed by atoms with Gasteiger partial charge in [-0.3, -0.25) is 4.79 Å². The maximum Gasteiger partial charge on any atom is 0.162 e. The molecule has 0 aliphatic heterocycles. The summed E-state index contributed by atoms with van der Waals surface area (Å²) in [7, 11) is -1.58. The number of pyridine rings is 1. The van der Waals surface area contributed by atoms with Gasteiger partial charge in [0.25, 0.3) is 0 Å². The number of carbonyl (C=O) groups is 1. The van der Waals surface area contributed by atoms with Gasteiger partial charge >= 0.3 is 0 Å². The summed E-state index contributed by atoms with van der Waals surface area (Å²) in [5.41, 5.74) is 6.46. The third-order valence-corrected chi connectivity index (χ3v) is 11.8. The van der Waals surface area contributed by atoms with Gasteiger partial charge in [-0.25, -0.2) is 0 Å². The van der Waals surface area contributed by atoms with Crippen molar-refractivity contribution in [1.82, 2.24) is 4.98 Å². The molecule has 46 heavy (non-hydrogen) atoms. The Bertz CT molecular complexity index is 1910. The van der Waals surface area contributed by atoms with Crippen LogP contribution < -0.4 is 5.19 Å². The van der Waals surface area contributed by atoms with Crippen LogP contribution in [-0.4, -0.2) is 23.9 Å². The molecule has 6 heteroatoms. The zero-order valence-corrected chi connectivity index (χ0v) is 32.2. The van der Waals surface area contributed by atoms with Crippen molar-refractivity contribution >= 4 is 51.8 Å². The largest absolute Gasteiger partial charge is 0.512 e. The van der Waals surface area contributed by atoms with E-state index in [4.69, 9.17) is 9.40 Å². The number of ketones is 1. The van der Waals surface area contributed by atoms with E-state index in [2.05, 4.69) is 82.0 Å². The zero-order valence-electron chi connectivity index (χ0n) is 28.8. The molecule has 4 nitrogen and oxygen atoms in total. The first-order chi connectivity index (χ1) is 21.4. The summed E-state index contributed by atoms with van der Waals surface area (Å²) >= 11 is 0. The van der Waals surface area contributed by atoms with Crippen molar-refractivity contribution in [3.63, 3.8) is 0 Å². The van der Waals surface area contributed by atoms with E-state index in [0.717, 1.165) is 53.5 Å². The van der Waals surface area contributed by atoms with Gasteiger partial charge in [0.05, 0.1) is 19.4 Å². The number of benzene rings is 3. The number of carbonyl (C=O) groups excluding carboxylic acids is 1. The number of hydrogen-bond donors (Lipinski definition) is 1. The Morgan fingerprint density at radius 2 is 1.61 bits per heavy atom. The summed E-state index contributed by atoms with van der Waals surface area (Å²) in [6.45, 7) is 19.9. The molecular weight excluding hydrogens is 763 g/mol. The Kier molecular flexibility index (Phi) is 10.9. The SMILES string of the molecule is CC1(C)c2c(ncc3ccccc23)-c2[c-]ccc3oc4c([Si](C)(C)C)ccc1c4c23.CCC(CC)C(=O)/C=C(\O)C(CC)CC.[Ir]. The van der Waals surface area contributed by atoms with Crippen molar-refractivity contribution in [1.29, 1.82) is 0 Å². The van der Waals surface area contributed by atoms with Gasteiger partial charge in [-0.05, 0) is 63.8 Å². The zero-order chi connectivity index (χ0) is 32.7. The van der Waals surface area contributed by atoms with Crippen LogP contribution in [-0.2, 0) is 30.3 Å². The van der Waals surface area contributed by atoms with Gasteiger partial charge < -0.3 is 14.5 Å². The van der Waals surface area contributed by atoms with Gasteiger partial charge in [-0.2, -0.15) is 0 Å². The monoisotopic (exact) mass is 811 g/mol. The molecule has 1 aliphatic carbocycles. The van der Waals surface area contributed by atoms with Crippen LogP contribution in [0, 0.1) is 17.9 Å². The first kappa shape index (κ1) is 35.8. The van der Waals surface area contributed by atoms with Crippen LogP contribution in [0.5, 0.6) is 0 Å². The first-order valence-electron chi connectivity index (χ1n) is 16.6. The Balaban J connectivity index is 0.000000259. The predicted octanol–water partition coefficient (Wildman–Crippen LogP) is 10.7. The third-order valence-electron chi connectivity index (χ3n) is 9.80. The molecule has 0 amide bonds. The molecule has 2 heterocycles. The summed E-state index contributed by atoms with van der Waals surface area (Å²) in [6, 6.07) is 20.8. The van der Waals surface area contributed by atoms with Crippen molar-refractivity contribution in [2.45, 2.75) is 92.3 Å². The molecule has 1 aliphatic rings. The molecule has 2 aromatic heterocycles. The molecule has 0 saturated heterocycles. The molecule has 0 saturated carbocycles. The van der Waals surface area contributed by atoms with Crippen LogP contribution in [0.1, 0.15) is 78.4 Å². The van der Waals surface area contributed by atoms with Crippen LogP contribution in [0.25, 0.3) is 44.0 Å². The van der Waals surface area contributed by atoms with E-state index in [1.54, 1.807) is 0 Å². The first-order valence-corrected chi connectivity index (χ1v) is 20.1. The van der Waals surface area contributed by atoms with E-state index in [1.807, 2.05) is 40.0 Å². The van der Waals surface area contributed by atoms with Crippen molar-refractivity contribution < 1.29 is 34.4 Å². The Morgan fingerprint density at radius 1 is 0.957 bits per heavy atom.